The van der Waals surface area contributed by atoms with Gasteiger partial charge in [-0.3, -0.25) is 4.79 Å². The molecule has 0 aromatic carbocycles. The molecule has 2 rings (SSSR count). The van der Waals surface area contributed by atoms with Crippen molar-refractivity contribution in [3.8, 4) is 0 Å². The van der Waals surface area contributed by atoms with E-state index in [-0.39, 0.29) is 12.2 Å². The summed E-state index contributed by atoms with van der Waals surface area (Å²) in [4.78, 5) is 25.1. The Morgan fingerprint density at radius 1 is 1.50 bits per heavy atom. The summed E-state index contributed by atoms with van der Waals surface area (Å²) in [7, 11) is 1.31. The van der Waals surface area contributed by atoms with Crippen molar-refractivity contribution >= 4 is 12.0 Å². The molecule has 5 nitrogen and oxygen atoms in total. The average molecular weight is 195 g/mol. The van der Waals surface area contributed by atoms with E-state index in [2.05, 4.69) is 9.73 Å². The third-order valence-corrected chi connectivity index (χ3v) is 2.54. The molecular weight excluding hydrogens is 186 g/mol. The van der Waals surface area contributed by atoms with E-state index in [4.69, 9.17) is 4.74 Å². The van der Waals surface area contributed by atoms with E-state index < -0.39 is 17.9 Å². The lowest BCUT2D eigenvalue weighted by molar-refractivity contribution is -0.146. The first kappa shape index (κ1) is 9.12. The normalized spacial score (nSPS) is 38.1. The van der Waals surface area contributed by atoms with Crippen LogP contribution in [0.2, 0.25) is 0 Å². The van der Waals surface area contributed by atoms with Crippen molar-refractivity contribution in [2.75, 3.05) is 7.11 Å². The second-order valence-electron chi connectivity index (χ2n) is 3.21. The van der Waals surface area contributed by atoms with E-state index in [1.807, 2.05) is 0 Å². The number of hydrogen-bond acceptors (Lipinski definition) is 5. The molecule has 1 fully saturated rings. The minimum atomic E-state index is -0.503. The molecule has 4 unspecified atom stereocenters. The van der Waals surface area contributed by atoms with Crippen molar-refractivity contribution in [3.05, 3.63) is 12.2 Å². The Labute approximate surface area is 80.4 Å². The topological polar surface area (TPSA) is 65.0 Å². The molecule has 0 N–H and O–H groups in total. The number of fused-ring (bicyclic) bond motifs is 2. The summed E-state index contributed by atoms with van der Waals surface area (Å²) in [5, 5.41) is 0. The van der Waals surface area contributed by atoms with E-state index in [1.165, 1.54) is 13.2 Å². The molecule has 0 aromatic heterocycles. The number of carbonyl (C=O) groups excluding carboxylic acids is 2. The third kappa shape index (κ3) is 1.18. The summed E-state index contributed by atoms with van der Waals surface area (Å²) in [6.45, 7) is 0. The van der Waals surface area contributed by atoms with Gasteiger partial charge in [-0.05, 0) is 0 Å². The van der Waals surface area contributed by atoms with Crippen molar-refractivity contribution in [2.45, 2.75) is 18.2 Å². The van der Waals surface area contributed by atoms with Gasteiger partial charge in [0.05, 0.1) is 13.2 Å². The number of ether oxygens (including phenoxy) is 2. The molecule has 0 spiro atoms. The molecule has 5 heteroatoms. The number of hydrogen-bond donors (Lipinski definition) is 0. The second kappa shape index (κ2) is 3.36. The number of methoxy groups -OCH3 is 1. The van der Waals surface area contributed by atoms with E-state index in [0.29, 0.717) is 0 Å². The van der Waals surface area contributed by atoms with Gasteiger partial charge >= 0.3 is 5.97 Å². The number of nitrogens with zero attached hydrogens (tertiary/aromatic N) is 1. The van der Waals surface area contributed by atoms with E-state index in [1.54, 1.807) is 12.2 Å². The maximum Gasteiger partial charge on any atom is 0.313 e. The first-order valence-corrected chi connectivity index (χ1v) is 4.26. The summed E-state index contributed by atoms with van der Waals surface area (Å²) in [6, 6.07) is -0.477. The van der Waals surface area contributed by atoms with Crippen LogP contribution < -0.4 is 0 Å². The van der Waals surface area contributed by atoms with Gasteiger partial charge in [0.2, 0.25) is 6.08 Å². The Bertz CT molecular complexity index is 332. The van der Waals surface area contributed by atoms with Gasteiger partial charge in [0, 0.05) is 0 Å². The Morgan fingerprint density at radius 2 is 2.21 bits per heavy atom. The first-order valence-electron chi connectivity index (χ1n) is 4.26. The zero-order valence-electron chi connectivity index (χ0n) is 7.54. The van der Waals surface area contributed by atoms with Gasteiger partial charge in [-0.15, -0.1) is 0 Å². The zero-order chi connectivity index (χ0) is 10.1. The molecule has 2 heterocycles. The monoisotopic (exact) mass is 195 g/mol. The molecule has 1 saturated heterocycles. The van der Waals surface area contributed by atoms with Crippen LogP contribution in [0.25, 0.3) is 0 Å². The predicted octanol–water partition coefficient (Wildman–Crippen LogP) is -0.183. The Kier molecular flexibility index (Phi) is 2.19. The molecule has 0 radical (unpaired) electrons. The number of isocyanates is 1. The molecule has 2 aliphatic rings. The van der Waals surface area contributed by atoms with Crippen molar-refractivity contribution in [1.82, 2.24) is 0 Å². The molecule has 0 saturated carbocycles. The van der Waals surface area contributed by atoms with Gasteiger partial charge in [-0.1, -0.05) is 12.2 Å². The SMILES string of the molecule is COC(=O)C1C2C=CC(O2)C1N=C=O. The van der Waals surface area contributed by atoms with E-state index in [0.717, 1.165) is 0 Å². The van der Waals surface area contributed by atoms with Gasteiger partial charge in [0.25, 0.3) is 0 Å². The van der Waals surface area contributed by atoms with Crippen LogP contribution in [0.15, 0.2) is 17.1 Å². The largest absolute Gasteiger partial charge is 0.469 e. The number of esters is 1. The lowest BCUT2D eigenvalue weighted by atomic mass is 9.89. The molecule has 0 amide bonds. The third-order valence-electron chi connectivity index (χ3n) is 2.54. The molecular formula is C9H9NO4. The maximum absolute atomic E-state index is 11.4. The lowest BCUT2D eigenvalue weighted by Crippen LogP contribution is -2.34. The molecule has 2 bridgehead atoms. The Hall–Kier alpha value is -1.45. The van der Waals surface area contributed by atoms with Gasteiger partial charge in [0.1, 0.15) is 18.1 Å². The smallest absolute Gasteiger partial charge is 0.313 e. The van der Waals surface area contributed by atoms with Crippen molar-refractivity contribution in [2.24, 2.45) is 10.9 Å². The van der Waals surface area contributed by atoms with E-state index in [9.17, 15) is 9.59 Å². The molecule has 0 aromatic rings. The lowest BCUT2D eigenvalue weighted by Gasteiger charge is -2.17. The number of aliphatic imine (C=N–C) groups is 1. The highest BCUT2D eigenvalue weighted by Gasteiger charge is 2.50. The molecule has 0 aliphatic carbocycles. The van der Waals surface area contributed by atoms with Gasteiger partial charge < -0.3 is 9.47 Å². The predicted molar refractivity (Wildman–Crippen MR) is 45.2 cm³/mol. The van der Waals surface area contributed by atoms with Crippen LogP contribution in [-0.4, -0.2) is 37.4 Å². The number of rotatable bonds is 2. The fraction of sp³-hybridized carbons (Fsp3) is 0.556. The summed E-state index contributed by atoms with van der Waals surface area (Å²) in [6.07, 6.45) is 4.46. The quantitative estimate of drug-likeness (QED) is 0.265. The molecule has 2 aliphatic heterocycles. The van der Waals surface area contributed by atoms with Crippen molar-refractivity contribution in [3.63, 3.8) is 0 Å². The van der Waals surface area contributed by atoms with Crippen LogP contribution in [-0.2, 0) is 19.1 Å². The average Bonchev–Trinajstić information content (AvgIpc) is 2.77. The first-order chi connectivity index (χ1) is 6.77. The highest BCUT2D eigenvalue weighted by molar-refractivity contribution is 5.75. The van der Waals surface area contributed by atoms with Crippen LogP contribution in [0, 0.1) is 5.92 Å². The van der Waals surface area contributed by atoms with Crippen LogP contribution in [0.4, 0.5) is 0 Å². The summed E-state index contributed by atoms with van der Waals surface area (Å²) in [5.74, 6) is -0.901. The number of carbonyl (C=O) groups is 1. The van der Waals surface area contributed by atoms with Crippen LogP contribution in [0.3, 0.4) is 0 Å². The Balaban J connectivity index is 2.26. The summed E-state index contributed by atoms with van der Waals surface area (Å²) >= 11 is 0. The summed E-state index contributed by atoms with van der Waals surface area (Å²) in [5.41, 5.74) is 0. The Morgan fingerprint density at radius 3 is 2.86 bits per heavy atom. The summed E-state index contributed by atoms with van der Waals surface area (Å²) < 4.78 is 10.0. The second-order valence-corrected chi connectivity index (χ2v) is 3.21. The van der Waals surface area contributed by atoms with Gasteiger partial charge in [-0.25, -0.2) is 4.79 Å². The minimum absolute atomic E-state index is 0.287. The fourth-order valence-corrected chi connectivity index (χ4v) is 1.91. The van der Waals surface area contributed by atoms with Crippen molar-refractivity contribution in [1.29, 1.82) is 0 Å². The highest BCUT2D eigenvalue weighted by Crippen LogP contribution is 2.36. The van der Waals surface area contributed by atoms with Crippen molar-refractivity contribution < 1.29 is 19.1 Å². The fourth-order valence-electron chi connectivity index (χ4n) is 1.91. The van der Waals surface area contributed by atoms with Crippen LogP contribution >= 0.6 is 0 Å². The maximum atomic E-state index is 11.4. The van der Waals surface area contributed by atoms with Crippen LogP contribution in [0.1, 0.15) is 0 Å². The van der Waals surface area contributed by atoms with Gasteiger partial charge in [-0.2, -0.15) is 4.99 Å². The highest BCUT2D eigenvalue weighted by atomic mass is 16.5. The van der Waals surface area contributed by atoms with Crippen LogP contribution in [0.5, 0.6) is 0 Å². The van der Waals surface area contributed by atoms with Gasteiger partial charge in [0.15, 0.2) is 0 Å². The zero-order valence-corrected chi connectivity index (χ0v) is 7.54. The molecule has 74 valence electrons. The molecule has 14 heavy (non-hydrogen) atoms. The van der Waals surface area contributed by atoms with E-state index >= 15 is 0 Å². The molecule has 4 atom stereocenters. The minimum Gasteiger partial charge on any atom is -0.469 e. The standard InChI is InChI=1S/C9H9NO4/c1-13-9(12)7-5-2-3-6(14-5)8(7)10-4-11/h2-3,5-8H,1H3.